The van der Waals surface area contributed by atoms with Gasteiger partial charge in [-0.05, 0) is 332 Å². The number of fused-ring (bicyclic) bond motifs is 5. The molecule has 0 bridgehead atoms. The van der Waals surface area contributed by atoms with Gasteiger partial charge in [0.05, 0.1) is 67.6 Å². The van der Waals surface area contributed by atoms with Gasteiger partial charge in [0.25, 0.3) is 31.6 Å². The van der Waals surface area contributed by atoms with Crippen molar-refractivity contribution in [3.8, 4) is 56.3 Å². The van der Waals surface area contributed by atoms with Crippen molar-refractivity contribution in [3.63, 3.8) is 0 Å². The quantitative estimate of drug-likeness (QED) is 0.0800. The fourth-order valence-electron chi connectivity index (χ4n) is 16.7. The average Bonchev–Trinajstić information content (AvgIpc) is 0.785. The molecule has 10 nitrogen and oxygen atoms in total. The van der Waals surface area contributed by atoms with Gasteiger partial charge in [0.15, 0.2) is 27.6 Å². The first-order chi connectivity index (χ1) is 57.1. The summed E-state index contributed by atoms with van der Waals surface area (Å²) in [5.74, 6) is 0.210. The van der Waals surface area contributed by atoms with Gasteiger partial charge in [0, 0.05) is 27.8 Å². The van der Waals surface area contributed by atoms with E-state index in [-0.39, 0.29) is 23.5 Å². The zero-order chi connectivity index (χ0) is 88.0. The lowest BCUT2D eigenvalue weighted by molar-refractivity contribution is -0.662. The lowest BCUT2D eigenvalue weighted by atomic mass is 9.84. The highest BCUT2D eigenvalue weighted by Gasteiger charge is 2.47. The van der Waals surface area contributed by atoms with Crippen LogP contribution >= 0.6 is 0 Å². The molecular weight excluding hydrogens is 1510 g/mol. The highest BCUT2D eigenvalue weighted by molar-refractivity contribution is 5.96. The maximum atomic E-state index is 13.5. The molecule has 0 aliphatic heterocycles. The first-order valence-corrected chi connectivity index (χ1v) is 42.3. The van der Waals surface area contributed by atoms with Gasteiger partial charge in [0.1, 0.15) is 40.1 Å². The largest absolute Gasteiger partial charge is 0.394 e. The second-order valence-electron chi connectivity index (χ2n) is 35.9. The first kappa shape index (κ1) is 90.3. The summed E-state index contributed by atoms with van der Waals surface area (Å²) in [6.07, 6.45) is 11.5. The number of aromatic nitrogens is 10. The zero-order valence-electron chi connectivity index (χ0n) is 75.9. The highest BCUT2D eigenvalue weighted by Crippen LogP contribution is 2.42. The van der Waals surface area contributed by atoms with Gasteiger partial charge >= 0.3 is 6.18 Å². The normalized spacial score (nSPS) is 11.7. The highest BCUT2D eigenvalue weighted by atomic mass is 19.4. The first-order valence-electron chi connectivity index (χ1n) is 42.3. The molecule has 0 amide bonds. The molecule has 0 atom stereocenters. The molecule has 0 unspecified atom stereocenters. The third-order valence-corrected chi connectivity index (χ3v) is 23.2. The maximum Gasteiger partial charge on any atom is 0.394 e. The van der Waals surface area contributed by atoms with Crippen molar-refractivity contribution in [3.05, 3.63) is 296 Å². The van der Waals surface area contributed by atoms with Crippen molar-refractivity contribution in [2.45, 2.75) is 190 Å². The van der Waals surface area contributed by atoms with Crippen molar-refractivity contribution in [1.82, 2.24) is 24.9 Å². The molecule has 10 aromatic carbocycles. The van der Waals surface area contributed by atoms with Crippen molar-refractivity contribution >= 4 is 54.5 Å². The van der Waals surface area contributed by atoms with E-state index in [2.05, 4.69) is 268 Å². The summed E-state index contributed by atoms with van der Waals surface area (Å²) in [4.78, 5) is 22.9. The molecule has 5 aromatic heterocycles. The van der Waals surface area contributed by atoms with E-state index in [0.29, 0.717) is 17.0 Å². The van der Waals surface area contributed by atoms with Crippen molar-refractivity contribution in [2.75, 3.05) is 0 Å². The topological polar surface area (TPSA) is 83.8 Å². The Bertz CT molecular complexity index is 6220. The van der Waals surface area contributed by atoms with Crippen LogP contribution in [0.1, 0.15) is 164 Å². The molecule has 0 N–H and O–H groups in total. The monoisotopic (exact) mass is 1630 g/mol. The minimum absolute atomic E-state index is 0.0763. The zero-order valence-corrected chi connectivity index (χ0v) is 75.9. The molecule has 626 valence electrons. The Balaban J connectivity index is 0.000000148. The lowest BCUT2D eigenvalue weighted by Gasteiger charge is -2.27. The Hall–Kier alpha value is -11.5. The van der Waals surface area contributed by atoms with Crippen LogP contribution in [0.3, 0.4) is 0 Å². The van der Waals surface area contributed by atoms with Crippen molar-refractivity contribution < 1.29 is 44.8 Å². The summed E-state index contributed by atoms with van der Waals surface area (Å²) in [5, 5.41) is 5.57. The van der Waals surface area contributed by atoms with Gasteiger partial charge < -0.3 is 0 Å². The van der Waals surface area contributed by atoms with Gasteiger partial charge in [-0.15, -0.1) is 0 Å². The van der Waals surface area contributed by atoms with E-state index in [4.69, 9.17) is 0 Å². The number of aryl methyl sites for hydroxylation is 15. The second kappa shape index (κ2) is 37.7. The number of rotatable bonds is 14. The molecule has 0 aliphatic carbocycles. The van der Waals surface area contributed by atoms with Crippen LogP contribution in [0.5, 0.6) is 0 Å². The van der Waals surface area contributed by atoms with E-state index in [9.17, 15) is 22.0 Å². The van der Waals surface area contributed by atoms with Gasteiger partial charge in [0.2, 0.25) is 0 Å². The van der Waals surface area contributed by atoms with Crippen molar-refractivity contribution in [2.24, 2.45) is 52.0 Å². The van der Waals surface area contributed by atoms with Crippen LogP contribution in [0.25, 0.3) is 111 Å². The van der Waals surface area contributed by atoms with Crippen LogP contribution in [0.2, 0.25) is 0 Å². The van der Waals surface area contributed by atoms with E-state index in [1.165, 1.54) is 132 Å². The third-order valence-electron chi connectivity index (χ3n) is 23.2. The Morgan fingerprint density at radius 3 is 0.868 bits per heavy atom. The minimum Gasteiger partial charge on any atom is -0.232 e. The molecule has 15 aromatic rings. The predicted molar refractivity (Wildman–Crippen MR) is 487 cm³/mol. The summed E-state index contributed by atoms with van der Waals surface area (Å²) in [7, 11) is 10.1. The van der Waals surface area contributed by atoms with E-state index < -0.39 is 11.6 Å². The SMILES string of the molecule is CCCc1ccc2c(-c3cc(C)cc(C)c3C)[n+](C)cnc2c1.CCCc1ccc2c(-c3cc(C)cc(C)c3C)[n+](C)cnc2c1.Cc1cc(C)c(C)c(-c2c3ccc(CC(C)(C)C(F)(F)F)cc3nc[n+]2C)c1.Cc1cc(F)ccc1-c1c2ccc(CC(C)(C)C)cc2nc[n+]1C.Cc1cc(F)ccc1-c1c2ccc(CC(C)C)cc2nc[n+]1C. The number of hydrogen-bond donors (Lipinski definition) is 0. The fourth-order valence-corrected chi connectivity index (χ4v) is 16.7. The van der Waals surface area contributed by atoms with E-state index >= 15 is 0 Å². The summed E-state index contributed by atoms with van der Waals surface area (Å²) in [5.41, 5.74) is 34.1. The van der Waals surface area contributed by atoms with E-state index in [1.54, 1.807) is 30.6 Å². The molecule has 15 heteroatoms. The molecule has 15 rings (SSSR count). The van der Waals surface area contributed by atoms with Gasteiger partial charge in [-0.1, -0.05) is 140 Å². The Morgan fingerprint density at radius 1 is 0.314 bits per heavy atom. The summed E-state index contributed by atoms with van der Waals surface area (Å²) in [6.45, 7) is 41.3. The molecule has 0 fully saturated rings. The number of nitrogens with zero attached hydrogens (tertiary/aromatic N) is 10. The number of halogens is 5. The molecule has 121 heavy (non-hydrogen) atoms. The lowest BCUT2D eigenvalue weighted by Crippen LogP contribution is -2.34. The van der Waals surface area contributed by atoms with Crippen LogP contribution in [-0.4, -0.2) is 31.1 Å². The summed E-state index contributed by atoms with van der Waals surface area (Å²) < 4.78 is 77.0. The molecular formula is C106H122F5N10+5. The van der Waals surface area contributed by atoms with Crippen LogP contribution in [0.4, 0.5) is 22.0 Å². The smallest absolute Gasteiger partial charge is 0.232 e. The fraction of sp³-hybridized carbons (Fsp3) is 0.340. The second-order valence-corrected chi connectivity index (χ2v) is 35.9. The maximum absolute atomic E-state index is 13.5. The summed E-state index contributed by atoms with van der Waals surface area (Å²) >= 11 is 0. The Morgan fingerprint density at radius 2 is 0.587 bits per heavy atom. The van der Waals surface area contributed by atoms with Crippen LogP contribution in [0, 0.1) is 105 Å². The van der Waals surface area contributed by atoms with Crippen molar-refractivity contribution in [1.29, 1.82) is 0 Å². The molecule has 5 heterocycles. The summed E-state index contributed by atoms with van der Waals surface area (Å²) in [6, 6.07) is 55.1. The van der Waals surface area contributed by atoms with E-state index in [0.717, 1.165) is 122 Å². The third kappa shape index (κ3) is 21.1. The van der Waals surface area contributed by atoms with E-state index in [1.807, 2.05) is 92.2 Å². The minimum atomic E-state index is -4.25. The Kier molecular flexibility index (Phi) is 28.1. The van der Waals surface area contributed by atoms with Gasteiger partial charge in [-0.3, -0.25) is 0 Å². The molecule has 0 saturated carbocycles. The Labute approximate surface area is 714 Å². The van der Waals surface area contributed by atoms with Crippen LogP contribution in [-0.2, 0) is 67.3 Å². The molecule has 0 spiro atoms. The predicted octanol–water partition coefficient (Wildman–Crippen LogP) is 24.1. The molecule has 0 aliphatic rings. The standard InChI is InChI=1S/C23H26F3N2.C21H24FN2.2C21H25N2.C20H22FN2/c1-14-9-15(2)16(3)19(10-14)21-18-8-7-17(11-20(18)27-13-28(21)6)12-22(4,5)23(24,25)26;1-14-10-16(22)7-9-17(14)20-18-8-6-15(12-21(2,3)4)11-19(18)23-13-24(20)5;2*1-6-7-17-8-9-18-20(12-17)22-13-23(5)21(18)19-11-14(2)10-15(3)16(19)4;1-13(2)9-15-5-7-18-19(11-15)22-12-23(4)20(18)17-8-6-16(21)10-14(17)3/h7-11,13H,12H2,1-6H3;6-11,13H,12H2,1-5H3;2*8-13H,6-7H2,1-5H3;5-8,10-13H,9H2,1-4H3/q5*+1. The van der Waals surface area contributed by atoms with Gasteiger partial charge in [-0.25, -0.2) is 31.6 Å². The average molecular weight is 1630 g/mol. The van der Waals surface area contributed by atoms with Crippen LogP contribution in [0.15, 0.2) is 195 Å². The molecule has 0 saturated heterocycles. The number of alkyl halides is 3. The van der Waals surface area contributed by atoms with Gasteiger partial charge in [-0.2, -0.15) is 13.2 Å². The van der Waals surface area contributed by atoms with Crippen LogP contribution < -0.4 is 22.8 Å². The number of hydrogen-bond acceptors (Lipinski definition) is 5. The number of benzene rings is 10. The molecule has 0 radical (unpaired) electrons.